The summed E-state index contributed by atoms with van der Waals surface area (Å²) in [5, 5.41) is 10.5. The van der Waals surface area contributed by atoms with E-state index in [1.807, 2.05) is 0 Å². The minimum absolute atomic E-state index is 0.106. The van der Waals surface area contributed by atoms with Gasteiger partial charge in [-0.2, -0.15) is 0 Å². The van der Waals surface area contributed by atoms with E-state index in [0.717, 1.165) is 103 Å². The van der Waals surface area contributed by atoms with Gasteiger partial charge in [0.1, 0.15) is 19.3 Å². The summed E-state index contributed by atoms with van der Waals surface area (Å²) in [6, 6.07) is 0. The summed E-state index contributed by atoms with van der Waals surface area (Å²) in [5.41, 5.74) is 0. The molecule has 0 radical (unpaired) electrons. The maximum Gasteiger partial charge on any atom is 0.472 e. The number of phosphoric acid groups is 2. The summed E-state index contributed by atoms with van der Waals surface area (Å²) in [6.07, 6.45) is 39.0. The van der Waals surface area contributed by atoms with E-state index in [1.165, 1.54) is 122 Å². The van der Waals surface area contributed by atoms with Crippen LogP contribution in [-0.4, -0.2) is 96.7 Å². The minimum atomic E-state index is -4.94. The Labute approximate surface area is 479 Å². The van der Waals surface area contributed by atoms with Crippen molar-refractivity contribution in [2.24, 2.45) is 0 Å². The highest BCUT2D eigenvalue weighted by Gasteiger charge is 2.30. The van der Waals surface area contributed by atoms with Gasteiger partial charge in [0.15, 0.2) is 12.2 Å². The van der Waals surface area contributed by atoms with Gasteiger partial charge in [-0.15, -0.1) is 0 Å². The van der Waals surface area contributed by atoms with Crippen LogP contribution in [0, 0.1) is 0 Å². The highest BCUT2D eigenvalue weighted by Crippen LogP contribution is 2.45. The highest BCUT2D eigenvalue weighted by atomic mass is 31.2. The van der Waals surface area contributed by atoms with E-state index in [2.05, 4.69) is 27.7 Å². The van der Waals surface area contributed by atoms with E-state index in [4.69, 9.17) is 37.0 Å². The molecule has 0 aromatic rings. The minimum Gasteiger partial charge on any atom is -0.462 e. The third-order valence-electron chi connectivity index (χ3n) is 13.9. The van der Waals surface area contributed by atoms with Gasteiger partial charge in [-0.1, -0.05) is 252 Å². The van der Waals surface area contributed by atoms with Crippen LogP contribution < -0.4 is 0 Å². The number of carbonyl (C=O) groups excluding carboxylic acids is 4. The van der Waals surface area contributed by atoms with Crippen LogP contribution in [0.5, 0.6) is 0 Å². The third kappa shape index (κ3) is 55.0. The second-order valence-electron chi connectivity index (χ2n) is 21.7. The fourth-order valence-corrected chi connectivity index (χ4v) is 10.5. The first-order chi connectivity index (χ1) is 38.2. The zero-order valence-corrected chi connectivity index (χ0v) is 52.1. The van der Waals surface area contributed by atoms with Gasteiger partial charge < -0.3 is 33.8 Å². The molecule has 5 atom stereocenters. The fraction of sp³-hybridized carbons (Fsp3) is 0.933. The second-order valence-corrected chi connectivity index (χ2v) is 24.6. The zero-order chi connectivity index (χ0) is 58.3. The van der Waals surface area contributed by atoms with Crippen LogP contribution >= 0.6 is 15.6 Å². The van der Waals surface area contributed by atoms with Crippen LogP contribution in [0.3, 0.4) is 0 Å². The monoisotopic (exact) mass is 1170 g/mol. The second kappa shape index (κ2) is 55.3. The van der Waals surface area contributed by atoms with Gasteiger partial charge in [-0.3, -0.25) is 37.3 Å². The van der Waals surface area contributed by atoms with Crippen molar-refractivity contribution in [3.63, 3.8) is 0 Å². The molecule has 0 bridgehead atoms. The Kier molecular flexibility index (Phi) is 53.9. The lowest BCUT2D eigenvalue weighted by Crippen LogP contribution is -2.30. The lowest BCUT2D eigenvalue weighted by atomic mass is 10.0. The molecular formula is C60H116O17P2. The smallest absolute Gasteiger partial charge is 0.462 e. The van der Waals surface area contributed by atoms with Crippen molar-refractivity contribution in [2.45, 2.75) is 322 Å². The van der Waals surface area contributed by atoms with Crippen LogP contribution in [0.4, 0.5) is 0 Å². The molecule has 0 aliphatic heterocycles. The number of ether oxygens (including phenoxy) is 4. The molecular weight excluding hydrogens is 1050 g/mol. The van der Waals surface area contributed by atoms with E-state index in [1.54, 1.807) is 0 Å². The number of phosphoric ester groups is 2. The largest absolute Gasteiger partial charge is 0.472 e. The van der Waals surface area contributed by atoms with E-state index >= 15 is 0 Å². The Morgan fingerprint density at radius 1 is 0.304 bits per heavy atom. The quantitative estimate of drug-likeness (QED) is 0.0222. The standard InChI is InChI=1S/C60H116O17P2/c1-5-9-13-17-21-24-26-27-28-31-35-39-43-47-60(65)77-56(51-71-58(63)45-41-37-33-30-25-22-18-14-10-6-2)53-75-79(68,69)73-49-54(61)48-72-78(66,67)74-52-55(50-70-57(62)44-40-36-32-20-16-12-8-4)76-59(64)46-42-38-34-29-23-19-15-11-7-3/h54-56,61H,5-53H2,1-4H3,(H,66,67)(H,68,69)/t54-,55+,56+/m0/s1. The summed E-state index contributed by atoms with van der Waals surface area (Å²) >= 11 is 0. The molecule has 3 N–H and O–H groups in total. The summed E-state index contributed by atoms with van der Waals surface area (Å²) < 4.78 is 67.7. The third-order valence-corrected chi connectivity index (χ3v) is 15.8. The van der Waals surface area contributed by atoms with E-state index in [0.29, 0.717) is 25.7 Å². The van der Waals surface area contributed by atoms with Crippen LogP contribution in [0.2, 0.25) is 0 Å². The van der Waals surface area contributed by atoms with Gasteiger partial charge in [0.05, 0.1) is 26.4 Å². The molecule has 19 heteroatoms. The van der Waals surface area contributed by atoms with Gasteiger partial charge in [0.2, 0.25) is 0 Å². The molecule has 0 aliphatic rings. The van der Waals surface area contributed by atoms with Gasteiger partial charge in [-0.25, -0.2) is 9.13 Å². The molecule has 0 spiro atoms. The zero-order valence-electron chi connectivity index (χ0n) is 50.3. The Balaban J connectivity index is 5.20. The predicted octanol–water partition coefficient (Wildman–Crippen LogP) is 16.4. The van der Waals surface area contributed by atoms with Crippen molar-refractivity contribution < 1.29 is 80.2 Å². The van der Waals surface area contributed by atoms with Crippen LogP contribution in [0.25, 0.3) is 0 Å². The van der Waals surface area contributed by atoms with Crippen LogP contribution in [0.1, 0.15) is 304 Å². The Bertz CT molecular complexity index is 1540. The summed E-state index contributed by atoms with van der Waals surface area (Å²) in [7, 11) is -9.87. The maximum atomic E-state index is 12.9. The van der Waals surface area contributed by atoms with Crippen LogP contribution in [-0.2, 0) is 65.4 Å². The molecule has 0 heterocycles. The van der Waals surface area contributed by atoms with Gasteiger partial charge >= 0.3 is 39.5 Å². The van der Waals surface area contributed by atoms with E-state index < -0.39 is 97.5 Å². The molecule has 17 nitrogen and oxygen atoms in total. The first-order valence-corrected chi connectivity index (χ1v) is 34.8. The van der Waals surface area contributed by atoms with E-state index in [9.17, 15) is 43.2 Å². The molecule has 79 heavy (non-hydrogen) atoms. The SMILES string of the molecule is CCCCCCCCCCCCCCCC(=O)O[C@H](COC(=O)CCCCCCCCCCCC)COP(=O)(O)OC[C@@H](O)COP(=O)(O)OC[C@@H](COC(=O)CCCCCCCCC)OC(=O)CCCCCCCCCCC. The molecule has 468 valence electrons. The van der Waals surface area contributed by atoms with Crippen molar-refractivity contribution in [3.05, 3.63) is 0 Å². The van der Waals surface area contributed by atoms with E-state index in [-0.39, 0.29) is 25.7 Å². The van der Waals surface area contributed by atoms with Gasteiger partial charge in [0, 0.05) is 25.7 Å². The molecule has 2 unspecified atom stereocenters. The molecule has 0 saturated carbocycles. The van der Waals surface area contributed by atoms with Gasteiger partial charge in [0.25, 0.3) is 0 Å². The molecule has 0 saturated heterocycles. The number of rotatable bonds is 61. The first kappa shape index (κ1) is 77.1. The average molecular weight is 1170 g/mol. The lowest BCUT2D eigenvalue weighted by Gasteiger charge is -2.21. The first-order valence-electron chi connectivity index (χ1n) is 31.8. The predicted molar refractivity (Wildman–Crippen MR) is 312 cm³/mol. The molecule has 0 aromatic carbocycles. The molecule has 0 fully saturated rings. The normalized spacial score (nSPS) is 14.3. The van der Waals surface area contributed by atoms with Crippen molar-refractivity contribution in [1.29, 1.82) is 0 Å². The Hall–Kier alpha value is -1.94. The lowest BCUT2D eigenvalue weighted by molar-refractivity contribution is -0.161. The maximum absolute atomic E-state index is 12.9. The molecule has 0 aliphatic carbocycles. The van der Waals surface area contributed by atoms with Crippen molar-refractivity contribution in [3.8, 4) is 0 Å². The highest BCUT2D eigenvalue weighted by molar-refractivity contribution is 7.47. The Morgan fingerprint density at radius 2 is 0.506 bits per heavy atom. The topological polar surface area (TPSA) is 237 Å². The van der Waals surface area contributed by atoms with Crippen molar-refractivity contribution >= 4 is 39.5 Å². The van der Waals surface area contributed by atoms with Crippen molar-refractivity contribution in [1.82, 2.24) is 0 Å². The Morgan fingerprint density at radius 3 is 0.747 bits per heavy atom. The van der Waals surface area contributed by atoms with Crippen LogP contribution in [0.15, 0.2) is 0 Å². The molecule has 0 amide bonds. The number of aliphatic hydroxyl groups excluding tert-OH is 1. The fourth-order valence-electron chi connectivity index (χ4n) is 8.93. The summed E-state index contributed by atoms with van der Waals surface area (Å²) in [5.74, 6) is -2.14. The average Bonchev–Trinajstić information content (AvgIpc) is 3.42. The number of hydrogen-bond acceptors (Lipinski definition) is 15. The molecule has 0 rings (SSSR count). The number of aliphatic hydroxyl groups is 1. The van der Waals surface area contributed by atoms with Gasteiger partial charge in [-0.05, 0) is 25.7 Å². The van der Waals surface area contributed by atoms with Crippen molar-refractivity contribution in [2.75, 3.05) is 39.6 Å². The molecule has 0 aromatic heterocycles. The summed E-state index contributed by atoms with van der Waals surface area (Å²) in [6.45, 7) is 4.80. The number of esters is 4. The number of hydrogen-bond donors (Lipinski definition) is 3. The number of carbonyl (C=O) groups is 4. The summed E-state index contributed by atoms with van der Waals surface area (Å²) in [4.78, 5) is 71.8. The number of unbranched alkanes of at least 4 members (excludes halogenated alkanes) is 35.